The van der Waals surface area contributed by atoms with Crippen LogP contribution in [0.25, 0.3) is 16.3 Å². The van der Waals surface area contributed by atoms with Crippen LogP contribution in [-0.4, -0.2) is 103 Å². The summed E-state index contributed by atoms with van der Waals surface area (Å²) in [5.41, 5.74) is 9.31. The van der Waals surface area contributed by atoms with Gasteiger partial charge in [0.05, 0.1) is 44.8 Å². The molecule has 0 fully saturated rings. The van der Waals surface area contributed by atoms with Crippen LogP contribution in [0.1, 0.15) is 165 Å². The van der Waals surface area contributed by atoms with Crippen molar-refractivity contribution < 1.29 is 55.8 Å². The van der Waals surface area contributed by atoms with E-state index in [1.54, 1.807) is 18.2 Å². The Morgan fingerprint density at radius 2 is 1.22 bits per heavy atom. The largest absolute Gasteiger partial charge is 0.673 e. The zero-order chi connectivity index (χ0) is 61.9. The van der Waals surface area contributed by atoms with Gasteiger partial charge in [0.1, 0.15) is 31.2 Å². The minimum absolute atomic E-state index is 0.0167. The average Bonchev–Trinajstić information content (AvgIpc) is 1.77. The molecule has 3 N–H and O–H groups in total. The summed E-state index contributed by atoms with van der Waals surface area (Å²) in [4.78, 5) is 40.8. The highest BCUT2D eigenvalue weighted by atomic mass is 31.2. The molecule has 0 radical (unpaired) electrons. The molecule has 1 aromatic heterocycles. The lowest BCUT2D eigenvalue weighted by molar-refractivity contribution is -0.870. The molecule has 3 atom stereocenters. The van der Waals surface area contributed by atoms with E-state index in [1.807, 2.05) is 110 Å². The van der Waals surface area contributed by atoms with E-state index in [4.69, 9.17) is 18.5 Å². The normalized spacial score (nSPS) is 15.4. The number of H-pyrrole nitrogens is 1. The number of hydrogen-bond donors (Lipinski definition) is 3. The fraction of sp³-hybridized carbons (Fsp3) is 0.515. The number of nitrogens with one attached hydrogen (secondary N) is 1. The third-order valence-electron chi connectivity index (χ3n) is 15.3. The van der Waals surface area contributed by atoms with Gasteiger partial charge in [0.15, 0.2) is 6.10 Å². The van der Waals surface area contributed by atoms with Gasteiger partial charge in [0, 0.05) is 41.4 Å². The molecular weight excluding hydrogens is 1110 g/mol. The molecule has 2 unspecified atom stereocenters. The molecule has 466 valence electrons. The maximum absolute atomic E-state index is 14.2. The van der Waals surface area contributed by atoms with Gasteiger partial charge in [-0.3, -0.25) is 27.3 Å². The zero-order valence-electron chi connectivity index (χ0n) is 51.8. The molecule has 86 heavy (non-hydrogen) atoms. The van der Waals surface area contributed by atoms with Crippen LogP contribution in [-0.2, 0) is 39.1 Å². The number of nitrogens with zero attached hydrogens (tertiary/aromatic N) is 6. The van der Waals surface area contributed by atoms with Crippen molar-refractivity contribution in [1.29, 1.82) is 0 Å². The van der Waals surface area contributed by atoms with Crippen molar-refractivity contribution in [3.05, 3.63) is 131 Å². The number of aromatic nitrogens is 1. The highest BCUT2D eigenvalue weighted by molar-refractivity contribution is 7.47. The van der Waals surface area contributed by atoms with Crippen LogP contribution in [0.15, 0.2) is 129 Å². The molecule has 4 aromatic carbocycles. The number of quaternary nitrogens is 1. The number of rotatable bonds is 39. The predicted molar refractivity (Wildman–Crippen MR) is 339 cm³/mol. The minimum Gasteiger partial charge on any atom is -0.506 e. The van der Waals surface area contributed by atoms with Gasteiger partial charge in [-0.1, -0.05) is 132 Å². The number of carbonyl (C=O) groups excluding carboxylic acids is 2. The summed E-state index contributed by atoms with van der Waals surface area (Å²) in [7, 11) is -1.25. The lowest BCUT2D eigenvalue weighted by Gasteiger charge is -2.26. The summed E-state index contributed by atoms with van der Waals surface area (Å²) >= 11 is 0. The monoisotopic (exact) mass is 1210 g/mol. The second-order valence-electron chi connectivity index (χ2n) is 23.8. The smallest absolute Gasteiger partial charge is 0.506 e. The number of hydrogen-bond acceptors (Lipinski definition) is 13. The summed E-state index contributed by atoms with van der Waals surface area (Å²) in [5.74, 6) is -0.864. The number of aryl methyl sites for hydroxylation is 3. The number of benzene rings is 4. The third kappa shape index (κ3) is 24.1. The van der Waals surface area contributed by atoms with E-state index in [2.05, 4.69) is 43.6 Å². The Morgan fingerprint density at radius 3 is 1.79 bits per heavy atom. The van der Waals surface area contributed by atoms with Crippen molar-refractivity contribution in [3.8, 4) is 5.75 Å². The summed E-state index contributed by atoms with van der Waals surface area (Å²) in [5, 5.41) is 29.6. The second kappa shape index (κ2) is 35.4. The fourth-order valence-corrected chi connectivity index (χ4v) is 11.4. The molecule has 6 rings (SSSR count). The molecule has 0 amide bonds. The van der Waals surface area contributed by atoms with Crippen molar-refractivity contribution >= 4 is 66.3 Å². The summed E-state index contributed by atoms with van der Waals surface area (Å²) < 4.78 is 63.2. The van der Waals surface area contributed by atoms with Gasteiger partial charge in [0.2, 0.25) is 0 Å². The standard InChI is InChI=1S/C66H91BF2N7O9P/c1-49-45-51(3)70-64(49)60(66-50(2)46-52(4)75(66)67(68)69)30-22-18-14-10-8-9-11-15-19-23-31-62(78)82-47-58(48-84-86(80,81)83-44-43-76(5,6)7)85-63(79)32-24-20-16-12-13-17-21-27-53-33-36-55(37-34-53)71-72-56-38-40-57(41-39-56)73-74-65-59-29-26-25-28-54(59)35-42-61(65)77/h25-26,28-29,33-42,45-46,52,58,70H,8-24,27,30-32,43-44,47-48H2,1-7H3,(H-,71,73,77,80,81)/p+1/b66-60-/t52?,58-/m1/s1. The molecule has 0 bridgehead atoms. The highest BCUT2D eigenvalue weighted by Crippen LogP contribution is 2.44. The minimum atomic E-state index is -4.47. The quantitative estimate of drug-likeness (QED) is 0.00850. The lowest BCUT2D eigenvalue weighted by Crippen LogP contribution is -2.37. The van der Waals surface area contributed by atoms with Gasteiger partial charge < -0.3 is 33.8 Å². The Morgan fingerprint density at radius 1 is 0.686 bits per heavy atom. The summed E-state index contributed by atoms with van der Waals surface area (Å²) in [6.45, 7) is 7.46. The molecule has 2 heterocycles. The van der Waals surface area contributed by atoms with Crippen LogP contribution in [0.5, 0.6) is 5.75 Å². The number of esters is 2. The Bertz CT molecular complexity index is 3090. The van der Waals surface area contributed by atoms with Crippen LogP contribution >= 0.6 is 7.82 Å². The van der Waals surface area contributed by atoms with Crippen molar-refractivity contribution in [3.63, 3.8) is 0 Å². The molecule has 16 nitrogen and oxygen atoms in total. The third-order valence-corrected chi connectivity index (χ3v) is 16.3. The number of halogens is 2. The molecule has 1 aliphatic rings. The molecule has 0 spiro atoms. The molecule has 1 aliphatic heterocycles. The van der Waals surface area contributed by atoms with Crippen LogP contribution in [0, 0.1) is 13.8 Å². The molecule has 0 saturated heterocycles. The first-order chi connectivity index (χ1) is 41.2. The maximum atomic E-state index is 14.2. The average molecular weight is 1210 g/mol. The number of aromatic hydroxyl groups is 1. The first-order valence-corrected chi connectivity index (χ1v) is 32.4. The SMILES string of the molecule is CC1=CC(C)N(B(F)F)/C1=C(/CCCCCCCCCCCCC(=O)OC[C@H](COP(=O)(O)OCC[N+](C)(C)C)OC(=O)CCCCCCCCCc1ccc(N=Nc2ccc(N=Nc3c(O)ccc4ccccc34)cc2)cc1)c1[nH]c(C)cc1C. The van der Waals surface area contributed by atoms with Crippen LogP contribution in [0.2, 0.25) is 0 Å². The topological polar surface area (TPSA) is 197 Å². The predicted octanol–water partition coefficient (Wildman–Crippen LogP) is 17.9. The number of aromatic amines is 1. The Hall–Kier alpha value is -6.37. The van der Waals surface area contributed by atoms with Gasteiger partial charge in [-0.05, 0) is 142 Å². The van der Waals surface area contributed by atoms with Gasteiger partial charge in [-0.15, -0.1) is 5.11 Å². The Kier molecular flexibility index (Phi) is 28.3. The van der Waals surface area contributed by atoms with Crippen LogP contribution < -0.4 is 0 Å². The number of likely N-dealkylation sites (N-methyl/N-ethyl adjacent to an activating group) is 1. The number of unbranched alkanes of at least 4 members (excludes halogenated alkanes) is 15. The van der Waals surface area contributed by atoms with Gasteiger partial charge in [-0.25, -0.2) is 4.57 Å². The molecular formula is C66H92BF2N7O9P+. The zero-order valence-corrected chi connectivity index (χ0v) is 52.7. The van der Waals surface area contributed by atoms with E-state index in [-0.39, 0.29) is 37.8 Å². The second-order valence-corrected chi connectivity index (χ2v) is 25.2. The van der Waals surface area contributed by atoms with E-state index in [9.17, 15) is 32.8 Å². The Labute approximate surface area is 509 Å². The molecule has 0 saturated carbocycles. The van der Waals surface area contributed by atoms with Crippen molar-refractivity contribution in [2.24, 2.45) is 20.5 Å². The number of phenolic OH excluding ortho intramolecular Hbond substituents is 1. The summed E-state index contributed by atoms with van der Waals surface area (Å²) in [6, 6.07) is 28.2. The number of phenols is 1. The van der Waals surface area contributed by atoms with Gasteiger partial charge in [0.25, 0.3) is 0 Å². The van der Waals surface area contributed by atoms with Crippen LogP contribution in [0.3, 0.4) is 0 Å². The molecule has 0 aliphatic carbocycles. The Balaban J connectivity index is 0.811. The first kappa shape index (κ1) is 68.7. The van der Waals surface area contributed by atoms with E-state index in [0.717, 1.165) is 154 Å². The molecule has 5 aromatic rings. The number of phosphoric acid groups is 1. The van der Waals surface area contributed by atoms with Gasteiger partial charge >= 0.3 is 27.2 Å². The van der Waals surface area contributed by atoms with Crippen molar-refractivity contribution in [2.75, 3.05) is 47.5 Å². The number of ether oxygens (including phenoxy) is 2. The maximum Gasteiger partial charge on any atom is 0.673 e. The van der Waals surface area contributed by atoms with E-state index >= 15 is 0 Å². The fourth-order valence-electron chi connectivity index (χ4n) is 10.6. The molecule has 20 heteroatoms. The number of azo groups is 2. The number of fused-ring (bicyclic) bond motifs is 1. The van der Waals surface area contributed by atoms with E-state index < -0.39 is 39.9 Å². The highest BCUT2D eigenvalue weighted by Gasteiger charge is 2.38. The van der Waals surface area contributed by atoms with Crippen molar-refractivity contribution in [2.45, 2.75) is 175 Å². The van der Waals surface area contributed by atoms with Crippen LogP contribution in [0.4, 0.5) is 31.4 Å². The van der Waals surface area contributed by atoms with Crippen molar-refractivity contribution in [1.82, 2.24) is 9.79 Å². The van der Waals surface area contributed by atoms with Gasteiger partial charge in [-0.2, -0.15) is 15.3 Å². The number of carbonyl (C=O) groups is 2. The number of phosphoric ester groups is 1. The van der Waals surface area contributed by atoms with E-state index in [1.165, 1.54) is 10.4 Å². The lowest BCUT2D eigenvalue weighted by atomic mass is 9.95. The first-order valence-electron chi connectivity index (χ1n) is 30.9. The number of allylic oxidation sites excluding steroid dienone is 2. The van der Waals surface area contributed by atoms with E-state index in [0.29, 0.717) is 46.6 Å². The summed E-state index contributed by atoms with van der Waals surface area (Å²) in [6.07, 6.45) is 19.5.